The highest BCUT2D eigenvalue weighted by Gasteiger charge is 2.28. The van der Waals surface area contributed by atoms with Gasteiger partial charge >= 0.3 is 0 Å². The van der Waals surface area contributed by atoms with Crippen molar-refractivity contribution in [3.05, 3.63) is 12.2 Å². The van der Waals surface area contributed by atoms with Gasteiger partial charge in [0.25, 0.3) is 11.8 Å². The van der Waals surface area contributed by atoms with Crippen LogP contribution in [0.3, 0.4) is 0 Å². The van der Waals surface area contributed by atoms with E-state index >= 15 is 0 Å². The Balaban J connectivity index is 2.63. The Morgan fingerprint density at radius 3 is 2.33 bits per heavy atom. The van der Waals surface area contributed by atoms with Crippen molar-refractivity contribution in [1.29, 1.82) is 0 Å². The molecule has 0 radical (unpaired) electrons. The molecule has 0 N–H and O–H groups in total. The summed E-state index contributed by atoms with van der Waals surface area (Å²) in [5.74, 6) is -0.609. The van der Waals surface area contributed by atoms with Gasteiger partial charge in [0, 0.05) is 18.8 Å². The smallest absolute Gasteiger partial charge is 0.255 e. The molecule has 2 amide bonds. The summed E-state index contributed by atoms with van der Waals surface area (Å²) in [4.78, 5) is 23.2. The number of carbonyl (C=O) groups is 2. The van der Waals surface area contributed by atoms with Crippen molar-refractivity contribution in [3.8, 4) is 0 Å². The molecule has 1 rings (SSSR count). The Hall–Kier alpha value is -1.16. The van der Waals surface area contributed by atoms with Gasteiger partial charge in [-0.15, -0.1) is 0 Å². The highest BCUT2D eigenvalue weighted by molar-refractivity contribution is 6.13. The molecule has 12 heavy (non-hydrogen) atoms. The number of ether oxygens (including phenoxy) is 1. The van der Waals surface area contributed by atoms with Crippen LogP contribution in [0.2, 0.25) is 0 Å². The lowest BCUT2D eigenvalue weighted by atomic mass is 10.5. The Morgan fingerprint density at radius 1 is 1.42 bits per heavy atom. The van der Waals surface area contributed by atoms with E-state index in [1.54, 1.807) is 6.92 Å². The molecule has 1 atom stereocenters. The van der Waals surface area contributed by atoms with E-state index in [9.17, 15) is 9.59 Å². The predicted octanol–water partition coefficient (Wildman–Crippen LogP) is 0.294. The summed E-state index contributed by atoms with van der Waals surface area (Å²) < 4.78 is 5.11. The summed E-state index contributed by atoms with van der Waals surface area (Å²) in [7, 11) is 0. The minimum absolute atomic E-state index is 0.305. The van der Waals surface area contributed by atoms with Crippen LogP contribution in [-0.4, -0.2) is 29.5 Å². The van der Waals surface area contributed by atoms with Crippen LogP contribution in [0.25, 0.3) is 0 Å². The normalized spacial score (nSPS) is 19.0. The first-order valence-electron chi connectivity index (χ1n) is 3.83. The molecule has 0 saturated carbocycles. The Kier molecular flexibility index (Phi) is 2.60. The second kappa shape index (κ2) is 3.49. The molecule has 0 aromatic rings. The largest absolute Gasteiger partial charge is 0.358 e. The highest BCUT2D eigenvalue weighted by atomic mass is 16.5. The molecular formula is C8H11NO3. The fourth-order valence-electron chi connectivity index (χ4n) is 1.09. The van der Waals surface area contributed by atoms with Gasteiger partial charge in [0.15, 0.2) is 0 Å². The summed E-state index contributed by atoms with van der Waals surface area (Å²) in [5, 5.41) is 0. The van der Waals surface area contributed by atoms with Gasteiger partial charge in [0.1, 0.15) is 6.23 Å². The molecule has 4 nitrogen and oxygen atoms in total. The molecule has 0 aromatic carbocycles. The molecule has 0 aromatic heterocycles. The molecular weight excluding hydrogens is 158 g/mol. The third kappa shape index (κ3) is 1.53. The average molecular weight is 169 g/mol. The molecule has 0 bridgehead atoms. The van der Waals surface area contributed by atoms with Crippen LogP contribution in [0.15, 0.2) is 12.2 Å². The zero-order chi connectivity index (χ0) is 9.14. The van der Waals surface area contributed by atoms with Crippen molar-refractivity contribution in [2.24, 2.45) is 0 Å². The van der Waals surface area contributed by atoms with Crippen LogP contribution in [0, 0.1) is 0 Å². The van der Waals surface area contributed by atoms with Crippen LogP contribution in [0.5, 0.6) is 0 Å². The summed E-state index contributed by atoms with van der Waals surface area (Å²) in [6, 6.07) is 0. The van der Waals surface area contributed by atoms with E-state index in [4.69, 9.17) is 4.74 Å². The second-order valence-corrected chi connectivity index (χ2v) is 2.43. The topological polar surface area (TPSA) is 46.6 Å². The number of imide groups is 1. The predicted molar refractivity (Wildman–Crippen MR) is 42.1 cm³/mol. The van der Waals surface area contributed by atoms with Gasteiger partial charge in [-0.2, -0.15) is 0 Å². The molecule has 0 fully saturated rings. The molecule has 4 heteroatoms. The zero-order valence-electron chi connectivity index (χ0n) is 7.11. The molecule has 1 aliphatic rings. The Bertz CT molecular complexity index is 216. The fourth-order valence-corrected chi connectivity index (χ4v) is 1.09. The zero-order valence-corrected chi connectivity index (χ0v) is 7.11. The van der Waals surface area contributed by atoms with Crippen molar-refractivity contribution in [1.82, 2.24) is 4.90 Å². The lowest BCUT2D eigenvalue weighted by Gasteiger charge is -2.21. The van der Waals surface area contributed by atoms with E-state index < -0.39 is 6.23 Å². The van der Waals surface area contributed by atoms with Crippen molar-refractivity contribution in [2.75, 3.05) is 6.61 Å². The van der Waals surface area contributed by atoms with Crippen LogP contribution >= 0.6 is 0 Å². The quantitative estimate of drug-likeness (QED) is 0.570. The van der Waals surface area contributed by atoms with Crippen molar-refractivity contribution >= 4 is 11.8 Å². The summed E-state index contributed by atoms with van der Waals surface area (Å²) in [6.07, 6.45) is 2.03. The van der Waals surface area contributed by atoms with Crippen LogP contribution in [0.1, 0.15) is 13.8 Å². The lowest BCUT2D eigenvalue weighted by Crippen LogP contribution is -2.39. The molecule has 1 unspecified atom stereocenters. The Morgan fingerprint density at radius 2 is 1.92 bits per heavy atom. The number of rotatable bonds is 3. The van der Waals surface area contributed by atoms with Gasteiger partial charge in [-0.1, -0.05) is 0 Å². The number of carbonyl (C=O) groups excluding carboxylic acids is 2. The van der Waals surface area contributed by atoms with Crippen LogP contribution < -0.4 is 0 Å². The maximum absolute atomic E-state index is 11.0. The van der Waals surface area contributed by atoms with E-state index in [0.29, 0.717) is 6.61 Å². The van der Waals surface area contributed by atoms with E-state index in [-0.39, 0.29) is 11.8 Å². The molecule has 0 aliphatic carbocycles. The number of hydrogen-bond acceptors (Lipinski definition) is 3. The maximum Gasteiger partial charge on any atom is 0.255 e. The van der Waals surface area contributed by atoms with Gasteiger partial charge in [-0.05, 0) is 13.8 Å². The van der Waals surface area contributed by atoms with Crippen LogP contribution in [0.4, 0.5) is 0 Å². The fraction of sp³-hybridized carbons (Fsp3) is 0.500. The third-order valence-electron chi connectivity index (χ3n) is 1.61. The summed E-state index contributed by atoms with van der Waals surface area (Å²) in [6.45, 7) is 3.97. The van der Waals surface area contributed by atoms with Crippen molar-refractivity contribution in [2.45, 2.75) is 20.1 Å². The van der Waals surface area contributed by atoms with Crippen molar-refractivity contribution < 1.29 is 14.3 Å². The summed E-state index contributed by atoms with van der Waals surface area (Å²) >= 11 is 0. The van der Waals surface area contributed by atoms with Gasteiger partial charge in [0.05, 0.1) is 0 Å². The second-order valence-electron chi connectivity index (χ2n) is 2.43. The average Bonchev–Trinajstić information content (AvgIpc) is 2.32. The van der Waals surface area contributed by atoms with E-state index in [2.05, 4.69) is 0 Å². The van der Waals surface area contributed by atoms with E-state index in [0.717, 1.165) is 4.90 Å². The highest BCUT2D eigenvalue weighted by Crippen LogP contribution is 2.09. The minimum Gasteiger partial charge on any atom is -0.358 e. The molecule has 1 heterocycles. The SMILES string of the molecule is CCOC(C)N1C(=O)C=CC1=O. The van der Waals surface area contributed by atoms with Gasteiger partial charge in [-0.3, -0.25) is 9.59 Å². The first kappa shape index (κ1) is 8.93. The minimum atomic E-state index is -0.468. The standard InChI is InChI=1S/C8H11NO3/c1-3-12-6(2)9-7(10)4-5-8(9)11/h4-6H,3H2,1-2H3. The lowest BCUT2D eigenvalue weighted by molar-refractivity contribution is -0.150. The van der Waals surface area contributed by atoms with Gasteiger partial charge in [-0.25, -0.2) is 4.90 Å². The molecule has 1 aliphatic heterocycles. The van der Waals surface area contributed by atoms with E-state index in [1.165, 1.54) is 12.2 Å². The van der Waals surface area contributed by atoms with Gasteiger partial charge in [0.2, 0.25) is 0 Å². The first-order chi connectivity index (χ1) is 5.66. The summed E-state index contributed by atoms with van der Waals surface area (Å²) in [5.41, 5.74) is 0. The Labute approximate surface area is 70.8 Å². The third-order valence-corrected chi connectivity index (χ3v) is 1.61. The molecule has 0 saturated heterocycles. The van der Waals surface area contributed by atoms with E-state index in [1.807, 2.05) is 6.92 Å². The van der Waals surface area contributed by atoms with Crippen LogP contribution in [-0.2, 0) is 14.3 Å². The monoisotopic (exact) mass is 169 g/mol. The first-order valence-corrected chi connectivity index (χ1v) is 3.83. The van der Waals surface area contributed by atoms with Crippen molar-refractivity contribution in [3.63, 3.8) is 0 Å². The molecule has 0 spiro atoms. The van der Waals surface area contributed by atoms with Gasteiger partial charge < -0.3 is 4.74 Å². The number of nitrogens with zero attached hydrogens (tertiary/aromatic N) is 1. The number of amides is 2. The maximum atomic E-state index is 11.0. The molecule has 66 valence electrons. The number of hydrogen-bond donors (Lipinski definition) is 0.